The zero-order valence-electron chi connectivity index (χ0n) is 12.3. The van der Waals surface area contributed by atoms with Crippen LogP contribution in [0.2, 0.25) is 0 Å². The standard InChI is InChI=1S/C16H17NO4S/c1-11-9-22-15(8-18)16(11)17-10-21-6-5-12-3-4-13(19)14(7-12)20-2/h3-9,17,19H,10H2,1-2H3. The highest BCUT2D eigenvalue weighted by atomic mass is 32.1. The molecule has 0 aliphatic carbocycles. The Labute approximate surface area is 132 Å². The number of benzene rings is 1. The summed E-state index contributed by atoms with van der Waals surface area (Å²) in [5.41, 5.74) is 2.66. The van der Waals surface area contributed by atoms with Crippen molar-refractivity contribution < 1.29 is 19.4 Å². The number of hydrogen-bond donors (Lipinski definition) is 2. The molecule has 2 N–H and O–H groups in total. The van der Waals surface area contributed by atoms with Gasteiger partial charge in [0.2, 0.25) is 0 Å². The number of carbonyl (C=O) groups excluding carboxylic acids is 1. The molecule has 0 unspecified atom stereocenters. The van der Waals surface area contributed by atoms with Gasteiger partial charge in [-0.2, -0.15) is 0 Å². The Morgan fingerprint density at radius 1 is 1.41 bits per heavy atom. The van der Waals surface area contributed by atoms with Gasteiger partial charge < -0.3 is 19.9 Å². The summed E-state index contributed by atoms with van der Waals surface area (Å²) in [6, 6.07) is 5.01. The highest BCUT2D eigenvalue weighted by Gasteiger charge is 2.06. The van der Waals surface area contributed by atoms with E-state index in [0.717, 1.165) is 23.1 Å². The van der Waals surface area contributed by atoms with E-state index in [-0.39, 0.29) is 12.5 Å². The van der Waals surface area contributed by atoms with E-state index in [0.29, 0.717) is 10.6 Å². The van der Waals surface area contributed by atoms with Crippen LogP contribution in [0, 0.1) is 6.92 Å². The molecule has 2 rings (SSSR count). The number of aryl methyl sites for hydroxylation is 1. The molecule has 0 atom stereocenters. The van der Waals surface area contributed by atoms with Gasteiger partial charge in [0, 0.05) is 0 Å². The number of nitrogens with one attached hydrogen (secondary N) is 1. The molecule has 0 radical (unpaired) electrons. The second kappa shape index (κ2) is 7.51. The van der Waals surface area contributed by atoms with Crippen molar-refractivity contribution in [1.29, 1.82) is 0 Å². The number of ether oxygens (including phenoxy) is 2. The van der Waals surface area contributed by atoms with Crippen molar-refractivity contribution in [2.24, 2.45) is 0 Å². The molecule has 1 aromatic carbocycles. The van der Waals surface area contributed by atoms with Gasteiger partial charge in [-0.1, -0.05) is 6.07 Å². The lowest BCUT2D eigenvalue weighted by Gasteiger charge is -2.07. The third kappa shape index (κ3) is 3.79. The highest BCUT2D eigenvalue weighted by molar-refractivity contribution is 7.12. The first kappa shape index (κ1) is 15.9. The van der Waals surface area contributed by atoms with Gasteiger partial charge in [0.05, 0.1) is 23.9 Å². The molecule has 0 amide bonds. The zero-order valence-corrected chi connectivity index (χ0v) is 13.1. The number of aromatic hydroxyl groups is 1. The average Bonchev–Trinajstić information content (AvgIpc) is 2.89. The Kier molecular flexibility index (Phi) is 5.43. The topological polar surface area (TPSA) is 67.8 Å². The summed E-state index contributed by atoms with van der Waals surface area (Å²) >= 11 is 1.40. The quantitative estimate of drug-likeness (QED) is 0.353. The van der Waals surface area contributed by atoms with Crippen molar-refractivity contribution in [3.63, 3.8) is 0 Å². The summed E-state index contributed by atoms with van der Waals surface area (Å²) in [7, 11) is 1.50. The number of hydrogen-bond acceptors (Lipinski definition) is 6. The minimum absolute atomic E-state index is 0.0940. The van der Waals surface area contributed by atoms with Crippen LogP contribution in [-0.2, 0) is 4.74 Å². The molecule has 0 saturated heterocycles. The van der Waals surface area contributed by atoms with Crippen molar-refractivity contribution in [2.75, 3.05) is 19.2 Å². The van der Waals surface area contributed by atoms with E-state index >= 15 is 0 Å². The van der Waals surface area contributed by atoms with E-state index < -0.39 is 0 Å². The fourth-order valence-corrected chi connectivity index (χ4v) is 2.69. The number of rotatable bonds is 7. The van der Waals surface area contributed by atoms with Crippen LogP contribution < -0.4 is 10.1 Å². The SMILES string of the molecule is COc1cc(C=COCNc2c(C)csc2C=O)ccc1O. The first-order valence-electron chi connectivity index (χ1n) is 6.58. The van der Waals surface area contributed by atoms with Gasteiger partial charge in [0.15, 0.2) is 24.5 Å². The predicted molar refractivity (Wildman–Crippen MR) is 87.7 cm³/mol. The monoisotopic (exact) mass is 319 g/mol. The molecule has 1 heterocycles. The van der Waals surface area contributed by atoms with Gasteiger partial charge >= 0.3 is 0 Å². The zero-order chi connectivity index (χ0) is 15.9. The van der Waals surface area contributed by atoms with Crippen molar-refractivity contribution in [3.05, 3.63) is 45.8 Å². The second-order valence-electron chi connectivity index (χ2n) is 4.50. The molecule has 0 fully saturated rings. The average molecular weight is 319 g/mol. The smallest absolute Gasteiger partial charge is 0.162 e. The number of thiophene rings is 1. The molecule has 6 heteroatoms. The largest absolute Gasteiger partial charge is 0.504 e. The first-order valence-corrected chi connectivity index (χ1v) is 7.46. The molecule has 1 aromatic heterocycles. The molecule has 0 bridgehead atoms. The van der Waals surface area contributed by atoms with E-state index in [9.17, 15) is 9.90 Å². The second-order valence-corrected chi connectivity index (χ2v) is 5.41. The lowest BCUT2D eigenvalue weighted by atomic mass is 10.2. The molecule has 0 spiro atoms. The Morgan fingerprint density at radius 3 is 2.95 bits per heavy atom. The van der Waals surface area contributed by atoms with Crippen LogP contribution in [0.5, 0.6) is 11.5 Å². The summed E-state index contributed by atoms with van der Waals surface area (Å²) in [6.45, 7) is 2.19. The van der Waals surface area contributed by atoms with Crippen molar-refractivity contribution in [2.45, 2.75) is 6.92 Å². The fourth-order valence-electron chi connectivity index (χ4n) is 1.86. The molecule has 5 nitrogen and oxygen atoms in total. The van der Waals surface area contributed by atoms with Gasteiger partial charge in [-0.15, -0.1) is 11.3 Å². The Morgan fingerprint density at radius 2 is 2.23 bits per heavy atom. The van der Waals surface area contributed by atoms with E-state index in [1.807, 2.05) is 12.3 Å². The Bertz CT molecular complexity index is 679. The third-order valence-corrected chi connectivity index (χ3v) is 4.03. The summed E-state index contributed by atoms with van der Waals surface area (Å²) in [5, 5.41) is 14.5. The summed E-state index contributed by atoms with van der Waals surface area (Å²) < 4.78 is 10.4. The van der Waals surface area contributed by atoms with Crippen LogP contribution >= 0.6 is 11.3 Å². The predicted octanol–water partition coefficient (Wildman–Crippen LogP) is 3.64. The van der Waals surface area contributed by atoms with Crippen molar-refractivity contribution in [3.8, 4) is 11.5 Å². The minimum Gasteiger partial charge on any atom is -0.504 e. The lowest BCUT2D eigenvalue weighted by molar-refractivity contribution is 0.112. The number of phenols is 1. The van der Waals surface area contributed by atoms with Crippen LogP contribution in [0.25, 0.3) is 6.08 Å². The molecule has 0 aliphatic heterocycles. The third-order valence-electron chi connectivity index (χ3n) is 3.00. The van der Waals surface area contributed by atoms with E-state index in [4.69, 9.17) is 9.47 Å². The van der Waals surface area contributed by atoms with E-state index in [2.05, 4.69) is 5.32 Å². The lowest BCUT2D eigenvalue weighted by Crippen LogP contribution is -2.04. The number of anilines is 1. The van der Waals surface area contributed by atoms with Gasteiger partial charge in [-0.3, -0.25) is 4.79 Å². The molecule has 2 aromatic rings. The van der Waals surface area contributed by atoms with Crippen LogP contribution in [0.15, 0.2) is 29.8 Å². The molecular formula is C16H17NO4S. The van der Waals surface area contributed by atoms with Gasteiger partial charge in [-0.05, 0) is 41.6 Å². The van der Waals surface area contributed by atoms with Gasteiger partial charge in [0.1, 0.15) is 0 Å². The summed E-state index contributed by atoms with van der Waals surface area (Å²) in [4.78, 5) is 11.5. The highest BCUT2D eigenvalue weighted by Crippen LogP contribution is 2.27. The number of methoxy groups -OCH3 is 1. The minimum atomic E-state index is 0.0940. The Hall–Kier alpha value is -2.47. The number of aldehydes is 1. The van der Waals surface area contributed by atoms with Gasteiger partial charge in [0.25, 0.3) is 0 Å². The fraction of sp³-hybridized carbons (Fsp3) is 0.188. The van der Waals surface area contributed by atoms with Crippen molar-refractivity contribution >= 4 is 29.4 Å². The maximum Gasteiger partial charge on any atom is 0.162 e. The van der Waals surface area contributed by atoms with Crippen LogP contribution in [0.1, 0.15) is 20.8 Å². The van der Waals surface area contributed by atoms with Gasteiger partial charge in [-0.25, -0.2) is 0 Å². The maximum atomic E-state index is 10.9. The number of carbonyl (C=O) groups is 1. The normalized spacial score (nSPS) is 10.6. The molecule has 0 saturated carbocycles. The van der Waals surface area contributed by atoms with Crippen LogP contribution in [0.4, 0.5) is 5.69 Å². The van der Waals surface area contributed by atoms with Crippen LogP contribution in [-0.4, -0.2) is 25.2 Å². The summed E-state index contributed by atoms with van der Waals surface area (Å²) in [6.07, 6.45) is 4.13. The molecular weight excluding hydrogens is 302 g/mol. The summed E-state index contributed by atoms with van der Waals surface area (Å²) in [5.74, 6) is 0.501. The maximum absolute atomic E-state index is 10.9. The first-order chi connectivity index (χ1) is 10.7. The van der Waals surface area contributed by atoms with Crippen molar-refractivity contribution in [1.82, 2.24) is 0 Å². The number of phenolic OH excluding ortho intramolecular Hbond substituents is 1. The van der Waals surface area contributed by atoms with E-state index in [1.165, 1.54) is 18.4 Å². The molecule has 22 heavy (non-hydrogen) atoms. The van der Waals surface area contributed by atoms with E-state index in [1.54, 1.807) is 30.5 Å². The Balaban J connectivity index is 1.88. The van der Waals surface area contributed by atoms with Crippen LogP contribution in [0.3, 0.4) is 0 Å². The molecule has 0 aliphatic rings. The molecule has 116 valence electrons.